The monoisotopic (exact) mass is 615 g/mol. The highest BCUT2D eigenvalue weighted by atomic mass is 16.9. The summed E-state index contributed by atoms with van der Waals surface area (Å²) >= 11 is 0. The number of aliphatic hydroxyl groups is 4. The predicted molar refractivity (Wildman–Crippen MR) is 152 cm³/mol. The molecule has 4 aliphatic rings. The molecule has 5 rings (SSSR count). The Balaban J connectivity index is 1.53. The number of nitrogens with zero attached hydrogens (tertiary/aromatic N) is 3. The summed E-state index contributed by atoms with van der Waals surface area (Å²) in [5.41, 5.74) is -3.83. The number of hydrogen-bond acceptors (Lipinski definition) is 13. The van der Waals surface area contributed by atoms with Crippen molar-refractivity contribution in [1.29, 1.82) is 0 Å². The molecule has 0 radical (unpaired) electrons. The molecule has 1 fully saturated rings. The lowest BCUT2D eigenvalue weighted by molar-refractivity contribution is -0.758. The highest BCUT2D eigenvalue weighted by molar-refractivity contribution is 6.26. The lowest BCUT2D eigenvalue weighted by Gasteiger charge is -2.53. The molecular formula is C30H37N3O11. The van der Waals surface area contributed by atoms with Gasteiger partial charge in [0, 0.05) is 30.5 Å². The van der Waals surface area contributed by atoms with E-state index in [1.807, 2.05) is 4.90 Å². The standard InChI is InChI=1S/C30H37N3O11/c1-14-16-8-6-9-17(34)20(16)25(36)22-19(14)26(37)23-24(31(2)3)27(38)21(28(39)30(23,41)29(22)40)18(35)10-12-32-11-5-4-7-15(32)13-44-33(42)43/h6,8-9,14-15,19,23-24,26,34,37-38,40-41H,4-5,7,10-13H2,1-3H3/t14-,15?,19+,23+,24-,26-,30+/m0/s1. The van der Waals surface area contributed by atoms with E-state index in [0.29, 0.717) is 18.5 Å². The minimum absolute atomic E-state index is 0.0763. The predicted octanol–water partition coefficient (Wildman–Crippen LogP) is 1.19. The first-order chi connectivity index (χ1) is 20.7. The Labute approximate surface area is 252 Å². The molecule has 44 heavy (non-hydrogen) atoms. The van der Waals surface area contributed by atoms with Gasteiger partial charge >= 0.3 is 0 Å². The summed E-state index contributed by atoms with van der Waals surface area (Å²) in [4.78, 5) is 59.9. The van der Waals surface area contributed by atoms with Crippen molar-refractivity contribution in [3.05, 3.63) is 62.1 Å². The number of Topliss-reactive ketones (excluding diaryl/α,β-unsaturated/α-hetero) is 3. The number of ketones is 3. The van der Waals surface area contributed by atoms with E-state index in [1.54, 1.807) is 19.1 Å². The molecule has 3 aliphatic carbocycles. The molecule has 1 aliphatic heterocycles. The Hall–Kier alpha value is -3.85. The first-order valence-corrected chi connectivity index (χ1v) is 14.6. The van der Waals surface area contributed by atoms with Gasteiger partial charge in [0.2, 0.25) is 5.78 Å². The molecule has 7 atom stereocenters. The van der Waals surface area contributed by atoms with Crippen molar-refractivity contribution in [2.24, 2.45) is 11.8 Å². The van der Waals surface area contributed by atoms with Crippen molar-refractivity contribution < 1.29 is 49.8 Å². The van der Waals surface area contributed by atoms with Gasteiger partial charge in [0.25, 0.3) is 5.09 Å². The third kappa shape index (κ3) is 4.76. The van der Waals surface area contributed by atoms with Crippen LogP contribution in [0.4, 0.5) is 0 Å². The van der Waals surface area contributed by atoms with Crippen molar-refractivity contribution in [2.75, 3.05) is 33.8 Å². The van der Waals surface area contributed by atoms with Gasteiger partial charge in [0.15, 0.2) is 17.2 Å². The lowest BCUT2D eigenvalue weighted by Crippen LogP contribution is -2.68. The van der Waals surface area contributed by atoms with Crippen molar-refractivity contribution in [1.82, 2.24) is 9.80 Å². The van der Waals surface area contributed by atoms with Gasteiger partial charge in [-0.3, -0.25) is 24.2 Å². The number of piperidine rings is 1. The topological polar surface area (TPSA) is 211 Å². The number of likely N-dealkylation sites (tertiary alicyclic amines) is 1. The second-order valence-corrected chi connectivity index (χ2v) is 12.3. The molecule has 1 heterocycles. The molecule has 14 heteroatoms. The SMILES string of the molecule is C[C@H]1c2cccc(O)c2C(=O)C2=C(O)[C@]3(O)C(=O)C(C(=O)CCN4CCCCC4CO[N+](=O)[O-])=C(O)[C@@H](N(C)C)[C@@H]3[C@@H](O)[C@@H]21. The largest absolute Gasteiger partial charge is 0.510 e. The van der Waals surface area contributed by atoms with Crippen molar-refractivity contribution in [2.45, 2.75) is 62.3 Å². The van der Waals surface area contributed by atoms with Gasteiger partial charge in [-0.25, -0.2) is 0 Å². The van der Waals surface area contributed by atoms with Crippen molar-refractivity contribution >= 4 is 17.3 Å². The van der Waals surface area contributed by atoms with Gasteiger partial charge in [0.1, 0.15) is 29.4 Å². The first kappa shape index (κ1) is 31.6. The maximum absolute atomic E-state index is 14.0. The number of benzene rings is 1. The number of likely N-dealkylation sites (N-methyl/N-ethyl adjacent to an activating group) is 1. The minimum atomic E-state index is -2.94. The van der Waals surface area contributed by atoms with Crippen LogP contribution in [-0.4, -0.2) is 115 Å². The molecule has 0 bridgehead atoms. The molecule has 14 nitrogen and oxygen atoms in total. The summed E-state index contributed by atoms with van der Waals surface area (Å²) in [5.74, 6) is -8.41. The van der Waals surface area contributed by atoms with E-state index in [9.17, 15) is 50.0 Å². The number of carbonyl (C=O) groups excluding carboxylic acids is 3. The highest BCUT2D eigenvalue weighted by Gasteiger charge is 2.67. The number of phenolic OH excluding ortho intramolecular Hbond substituents is 1. The second kappa shape index (κ2) is 11.6. The number of hydrogen-bond donors (Lipinski definition) is 5. The molecule has 0 aromatic heterocycles. The van der Waals surface area contributed by atoms with Gasteiger partial charge < -0.3 is 30.4 Å². The molecule has 0 amide bonds. The number of phenols is 1. The van der Waals surface area contributed by atoms with Gasteiger partial charge in [-0.05, 0) is 51.0 Å². The van der Waals surface area contributed by atoms with Gasteiger partial charge in [-0.1, -0.05) is 25.5 Å². The van der Waals surface area contributed by atoms with Gasteiger partial charge in [-0.15, -0.1) is 10.1 Å². The maximum Gasteiger partial charge on any atom is 0.294 e. The van der Waals surface area contributed by atoms with Gasteiger partial charge in [0.05, 0.1) is 23.6 Å². The summed E-state index contributed by atoms with van der Waals surface area (Å²) in [7, 11) is 3.03. The average Bonchev–Trinajstić information content (AvgIpc) is 2.97. The van der Waals surface area contributed by atoms with E-state index >= 15 is 0 Å². The number of aromatic hydroxyl groups is 1. The zero-order valence-electron chi connectivity index (χ0n) is 24.7. The van der Waals surface area contributed by atoms with Gasteiger partial charge in [-0.2, -0.15) is 0 Å². The molecule has 238 valence electrons. The molecule has 0 spiro atoms. The zero-order chi connectivity index (χ0) is 32.2. The fraction of sp³-hybridized carbons (Fsp3) is 0.567. The average molecular weight is 616 g/mol. The molecule has 1 saturated heterocycles. The maximum atomic E-state index is 14.0. The number of carbonyl (C=O) groups is 3. The Morgan fingerprint density at radius 1 is 1.20 bits per heavy atom. The minimum Gasteiger partial charge on any atom is -0.510 e. The van der Waals surface area contributed by atoms with Crippen LogP contribution < -0.4 is 0 Å². The van der Waals surface area contributed by atoms with Crippen LogP contribution >= 0.6 is 0 Å². The first-order valence-electron chi connectivity index (χ1n) is 14.6. The fourth-order valence-corrected chi connectivity index (χ4v) is 7.67. The molecule has 0 saturated carbocycles. The summed E-state index contributed by atoms with van der Waals surface area (Å²) in [6, 6.07) is 2.80. The summed E-state index contributed by atoms with van der Waals surface area (Å²) < 4.78 is 0. The normalized spacial score (nSPS) is 32.3. The second-order valence-electron chi connectivity index (χ2n) is 12.3. The quantitative estimate of drug-likeness (QED) is 0.158. The van der Waals surface area contributed by atoms with E-state index in [-0.39, 0.29) is 36.9 Å². The fourth-order valence-electron chi connectivity index (χ4n) is 7.67. The van der Waals surface area contributed by atoms with Crippen LogP contribution in [0.1, 0.15) is 54.4 Å². The van der Waals surface area contributed by atoms with Crippen LogP contribution in [0.3, 0.4) is 0 Å². The van der Waals surface area contributed by atoms with Crippen LogP contribution in [0.25, 0.3) is 0 Å². The number of aliphatic hydroxyl groups excluding tert-OH is 3. The van der Waals surface area contributed by atoms with E-state index < -0.39 is 80.6 Å². The lowest BCUT2D eigenvalue weighted by atomic mass is 9.55. The molecular weight excluding hydrogens is 578 g/mol. The van der Waals surface area contributed by atoms with E-state index in [4.69, 9.17) is 0 Å². The van der Waals surface area contributed by atoms with E-state index in [0.717, 1.165) is 12.8 Å². The Kier molecular flexibility index (Phi) is 8.31. The third-order valence-electron chi connectivity index (χ3n) is 9.78. The Bertz CT molecular complexity index is 1470. The van der Waals surface area contributed by atoms with Crippen LogP contribution in [-0.2, 0) is 14.4 Å². The zero-order valence-corrected chi connectivity index (χ0v) is 24.7. The summed E-state index contributed by atoms with van der Waals surface area (Å²) in [6.07, 6.45) is 0.263. The van der Waals surface area contributed by atoms with Crippen molar-refractivity contribution in [3.8, 4) is 5.75 Å². The molecule has 1 aromatic rings. The van der Waals surface area contributed by atoms with Crippen molar-refractivity contribution in [3.63, 3.8) is 0 Å². The third-order valence-corrected chi connectivity index (χ3v) is 9.78. The number of rotatable bonds is 8. The van der Waals surface area contributed by atoms with E-state index in [2.05, 4.69) is 4.84 Å². The molecule has 1 unspecified atom stereocenters. The molecule has 5 N–H and O–H groups in total. The Morgan fingerprint density at radius 2 is 1.91 bits per heavy atom. The Morgan fingerprint density at radius 3 is 2.57 bits per heavy atom. The number of fused-ring (bicyclic) bond motifs is 3. The van der Waals surface area contributed by atoms with E-state index in [1.165, 1.54) is 25.1 Å². The van der Waals surface area contributed by atoms with Crippen LogP contribution in [0.2, 0.25) is 0 Å². The summed E-state index contributed by atoms with van der Waals surface area (Å²) in [6.45, 7) is 2.09. The van der Waals surface area contributed by atoms with Crippen LogP contribution in [0.5, 0.6) is 5.75 Å². The molecule has 1 aromatic carbocycles. The smallest absolute Gasteiger partial charge is 0.294 e. The summed E-state index contributed by atoms with van der Waals surface area (Å²) in [5, 5.41) is 67.1. The van der Waals surface area contributed by atoms with Crippen LogP contribution in [0, 0.1) is 22.0 Å². The highest BCUT2D eigenvalue weighted by Crippen LogP contribution is 2.55. The van der Waals surface area contributed by atoms with Crippen LogP contribution in [0.15, 0.2) is 40.9 Å².